The maximum atomic E-state index is 13.6. The highest BCUT2D eigenvalue weighted by atomic mass is 33.1. The molecule has 0 aliphatic carbocycles. The highest BCUT2D eigenvalue weighted by Gasteiger charge is 2.44. The number of ether oxygens (including phenoxy) is 3. The number of pyridine rings is 1. The normalized spacial score (nSPS) is 12.8. The Labute approximate surface area is 426 Å². The molecule has 19 heteroatoms. The molecule has 0 bridgehead atoms. The van der Waals surface area contributed by atoms with Crippen LogP contribution in [0.5, 0.6) is 0 Å². The molecule has 0 saturated heterocycles. The third-order valence-electron chi connectivity index (χ3n) is 10.7. The SMILES string of the molecule is CCC(CC(C)(CC(C)(C)C(=O)NCNC(=O)CCOCCOP)C(=O)NCNC(=O)CCOCCOC)C(=O)NC(C)C.CN1Cc2ccccc2C#Cc2ccccc21.CSSc1ccccn1. The lowest BCUT2D eigenvalue weighted by atomic mass is 9.68. The zero-order valence-corrected chi connectivity index (χ0v) is 45.2. The molecule has 2 heterocycles. The van der Waals surface area contributed by atoms with Gasteiger partial charge in [0.1, 0.15) is 5.03 Å². The van der Waals surface area contributed by atoms with E-state index in [2.05, 4.69) is 101 Å². The molecule has 0 spiro atoms. The van der Waals surface area contributed by atoms with Gasteiger partial charge in [0.05, 0.1) is 71.5 Å². The molecule has 3 atom stereocenters. The summed E-state index contributed by atoms with van der Waals surface area (Å²) in [7, 11) is 9.18. The monoisotopic (exact) mass is 1030 g/mol. The van der Waals surface area contributed by atoms with E-state index in [1.165, 1.54) is 11.3 Å². The topological polar surface area (TPSA) is 199 Å². The Morgan fingerprint density at radius 1 is 0.786 bits per heavy atom. The number of carbonyl (C=O) groups excluding carboxylic acids is 5. The van der Waals surface area contributed by atoms with Crippen LogP contribution < -0.4 is 31.5 Å². The molecule has 70 heavy (non-hydrogen) atoms. The van der Waals surface area contributed by atoms with Crippen LogP contribution in [0.25, 0.3) is 0 Å². The van der Waals surface area contributed by atoms with Crippen LogP contribution in [0.2, 0.25) is 0 Å². The molecule has 1 aliphatic rings. The number of methoxy groups -OCH3 is 1. The van der Waals surface area contributed by atoms with Crippen LogP contribution in [-0.4, -0.2) is 114 Å². The van der Waals surface area contributed by atoms with Crippen LogP contribution >= 0.6 is 31.1 Å². The second-order valence-electron chi connectivity index (χ2n) is 17.4. The van der Waals surface area contributed by atoms with E-state index in [-0.39, 0.29) is 81.9 Å². The molecule has 5 amide bonds. The van der Waals surface area contributed by atoms with Gasteiger partial charge < -0.3 is 50.2 Å². The number of hydrogen-bond acceptors (Lipinski definition) is 13. The fourth-order valence-corrected chi connectivity index (χ4v) is 8.49. The second-order valence-corrected chi connectivity index (χ2v) is 20.2. The lowest BCUT2D eigenvalue weighted by Crippen LogP contribution is -2.51. The van der Waals surface area contributed by atoms with E-state index in [9.17, 15) is 24.0 Å². The summed E-state index contributed by atoms with van der Waals surface area (Å²) in [6, 6.07) is 22.5. The number of nitrogens with one attached hydrogen (secondary N) is 5. The highest BCUT2D eigenvalue weighted by Crippen LogP contribution is 2.40. The number of amides is 5. The first kappa shape index (κ1) is 61.4. The molecule has 5 N–H and O–H groups in total. The van der Waals surface area contributed by atoms with Crippen molar-refractivity contribution in [3.05, 3.63) is 89.6 Å². The summed E-state index contributed by atoms with van der Waals surface area (Å²) in [5.41, 5.74) is 2.53. The minimum absolute atomic E-state index is 0.0706. The van der Waals surface area contributed by atoms with Gasteiger partial charge in [0.15, 0.2) is 0 Å². The third-order valence-corrected chi connectivity index (χ3v) is 12.5. The zero-order chi connectivity index (χ0) is 51.8. The van der Waals surface area contributed by atoms with Crippen LogP contribution in [0.3, 0.4) is 0 Å². The number of fused-ring (bicyclic) bond motifs is 2. The van der Waals surface area contributed by atoms with Crippen molar-refractivity contribution >= 4 is 66.3 Å². The third kappa shape index (κ3) is 24.4. The van der Waals surface area contributed by atoms with Gasteiger partial charge in [0.25, 0.3) is 0 Å². The van der Waals surface area contributed by atoms with Gasteiger partial charge in [-0.05, 0) is 86.1 Å². The number of hydrogen-bond donors (Lipinski definition) is 5. The van der Waals surface area contributed by atoms with Gasteiger partial charge in [0, 0.05) is 70.3 Å². The summed E-state index contributed by atoms with van der Waals surface area (Å²) in [5, 5.41) is 14.7. The fourth-order valence-electron chi connectivity index (χ4n) is 7.18. The fraction of sp³-hybridized carbons (Fsp3) is 0.529. The summed E-state index contributed by atoms with van der Waals surface area (Å²) in [6.45, 7) is 13.4. The molecule has 16 nitrogen and oxygen atoms in total. The Morgan fingerprint density at radius 2 is 1.37 bits per heavy atom. The number of benzene rings is 2. The van der Waals surface area contributed by atoms with Crippen LogP contribution in [0.1, 0.15) is 90.3 Å². The number of anilines is 1. The molecular formula is C51H76N7O9PS2. The van der Waals surface area contributed by atoms with Crippen molar-refractivity contribution in [2.24, 2.45) is 16.7 Å². The largest absolute Gasteiger partial charge is 0.382 e. The average Bonchev–Trinajstić information content (AvgIpc) is 3.32. The summed E-state index contributed by atoms with van der Waals surface area (Å²) in [4.78, 5) is 70.3. The second kappa shape index (κ2) is 34.6. The van der Waals surface area contributed by atoms with Crippen molar-refractivity contribution in [2.75, 3.05) is 78.3 Å². The van der Waals surface area contributed by atoms with Gasteiger partial charge >= 0.3 is 0 Å². The Hall–Kier alpha value is -4.73. The van der Waals surface area contributed by atoms with Crippen LogP contribution in [0.4, 0.5) is 5.69 Å². The Kier molecular flexibility index (Phi) is 30.3. The average molecular weight is 1030 g/mol. The summed E-state index contributed by atoms with van der Waals surface area (Å²) < 4.78 is 20.3. The molecule has 1 aliphatic heterocycles. The molecule has 0 radical (unpaired) electrons. The van der Waals surface area contributed by atoms with E-state index >= 15 is 0 Å². The van der Waals surface area contributed by atoms with Crippen molar-refractivity contribution in [1.82, 2.24) is 31.6 Å². The van der Waals surface area contributed by atoms with Gasteiger partial charge in [0.2, 0.25) is 29.5 Å². The molecule has 386 valence electrons. The van der Waals surface area contributed by atoms with Crippen molar-refractivity contribution in [1.29, 1.82) is 0 Å². The minimum atomic E-state index is -1.15. The first-order valence-electron chi connectivity index (χ1n) is 23.4. The molecule has 3 unspecified atom stereocenters. The lowest BCUT2D eigenvalue weighted by molar-refractivity contribution is -0.138. The van der Waals surface area contributed by atoms with Gasteiger partial charge in [-0.15, -0.1) is 0 Å². The summed E-state index contributed by atoms with van der Waals surface area (Å²) >= 11 is 0. The zero-order valence-electron chi connectivity index (χ0n) is 42.4. The highest BCUT2D eigenvalue weighted by molar-refractivity contribution is 8.76. The molecule has 3 aromatic rings. The molecule has 1 aromatic heterocycles. The van der Waals surface area contributed by atoms with Crippen molar-refractivity contribution in [2.45, 2.75) is 91.3 Å². The smallest absolute Gasteiger partial charge is 0.227 e. The van der Waals surface area contributed by atoms with E-state index in [1.807, 2.05) is 57.4 Å². The van der Waals surface area contributed by atoms with E-state index in [0.717, 1.165) is 22.7 Å². The summed E-state index contributed by atoms with van der Waals surface area (Å²) in [5.74, 6) is 4.53. The van der Waals surface area contributed by atoms with E-state index in [1.54, 1.807) is 55.7 Å². The predicted octanol–water partition coefficient (Wildman–Crippen LogP) is 6.48. The van der Waals surface area contributed by atoms with E-state index in [0.29, 0.717) is 32.8 Å². The number of carbonyl (C=O) groups is 5. The molecule has 4 rings (SSSR count). The van der Waals surface area contributed by atoms with Gasteiger partial charge in [-0.25, -0.2) is 4.98 Å². The molecule has 0 fully saturated rings. The van der Waals surface area contributed by atoms with Crippen molar-refractivity contribution in [3.8, 4) is 11.8 Å². The number of para-hydroxylation sites is 1. The van der Waals surface area contributed by atoms with Gasteiger partial charge in [-0.2, -0.15) is 0 Å². The molecule has 2 aromatic carbocycles. The van der Waals surface area contributed by atoms with Crippen LogP contribution in [0.15, 0.2) is 78.0 Å². The maximum Gasteiger partial charge on any atom is 0.227 e. The minimum Gasteiger partial charge on any atom is -0.382 e. The number of aromatic nitrogens is 1. The van der Waals surface area contributed by atoms with E-state index in [4.69, 9.17) is 18.7 Å². The van der Waals surface area contributed by atoms with Gasteiger partial charge in [-0.3, -0.25) is 24.0 Å². The standard InChI is InChI=1S/C29H56N5O9P.C16H13N.C6H7NS2/c1-8-22(25(37)34-21(2)3)17-29(6,27(39)33-20-31-24(36)9-11-41-14-13-40-7)18-28(4,5)26(38)32-19-30-23(35)10-12-42-15-16-43-44;1-17-12-15-8-3-2-6-13(15)10-11-14-7-4-5-9-16(14)17;1-8-9-6-4-2-3-5-7-6/h21-22H,8-20,44H2,1-7H3,(H,30,35)(H,31,36)(H,32,38)(H,33,39)(H,34,37);2-9H,12H2,1H3;2-5H,1H3. The quantitative estimate of drug-likeness (QED) is 0.0183. The van der Waals surface area contributed by atoms with Crippen molar-refractivity contribution in [3.63, 3.8) is 0 Å². The molecule has 0 saturated carbocycles. The Balaban J connectivity index is 0.000000511. The van der Waals surface area contributed by atoms with E-state index < -0.39 is 22.7 Å². The Bertz CT molecular complexity index is 2110. The van der Waals surface area contributed by atoms with Crippen LogP contribution in [0, 0.1) is 28.6 Å². The van der Waals surface area contributed by atoms with Gasteiger partial charge in [-0.1, -0.05) is 86.7 Å². The molecular weight excluding hydrogens is 950 g/mol. The predicted molar refractivity (Wildman–Crippen MR) is 283 cm³/mol. The van der Waals surface area contributed by atoms with Crippen LogP contribution in [-0.2, 0) is 49.3 Å². The maximum absolute atomic E-state index is 13.6. The summed E-state index contributed by atoms with van der Waals surface area (Å²) in [6.07, 6.45) is 4.87. The number of nitrogens with zero attached hydrogens (tertiary/aromatic N) is 2. The van der Waals surface area contributed by atoms with Crippen molar-refractivity contribution < 1.29 is 42.7 Å². The Morgan fingerprint density at radius 3 is 1.96 bits per heavy atom. The lowest BCUT2D eigenvalue weighted by Gasteiger charge is -2.37. The number of rotatable bonds is 27. The first-order valence-corrected chi connectivity index (χ1v) is 26.4. The first-order chi connectivity index (χ1) is 33.5.